The Morgan fingerprint density at radius 1 is 1.19 bits per heavy atom. The van der Waals surface area contributed by atoms with Gasteiger partial charge in [-0.15, -0.1) is 0 Å². The molecule has 1 amide bonds. The molecule has 0 aromatic heterocycles. The summed E-state index contributed by atoms with van der Waals surface area (Å²) in [5.41, 5.74) is 1.27. The molecule has 1 heterocycles. The number of amides is 1. The van der Waals surface area contributed by atoms with Crippen LogP contribution in [0.5, 0.6) is 5.75 Å². The topological polar surface area (TPSA) is 99.5 Å². The highest BCUT2D eigenvalue weighted by molar-refractivity contribution is 7.89. The third kappa shape index (κ3) is 5.84. The number of aryl methyl sites for hydroxylation is 1. The third-order valence-electron chi connectivity index (χ3n) is 5.33. The second-order valence-corrected chi connectivity index (χ2v) is 9.50. The summed E-state index contributed by atoms with van der Waals surface area (Å²) in [6, 6.07) is 15.9. The van der Waals surface area contributed by atoms with E-state index in [0.717, 1.165) is 11.3 Å². The first-order valence-corrected chi connectivity index (χ1v) is 11.8. The Kier molecular flexibility index (Phi) is 7.66. The van der Waals surface area contributed by atoms with Crippen LogP contribution in [-0.2, 0) is 14.8 Å². The quantitative estimate of drug-likeness (QED) is 0.635. The number of rotatable bonds is 8. The average Bonchev–Trinajstić information content (AvgIpc) is 2.78. The summed E-state index contributed by atoms with van der Waals surface area (Å²) in [7, 11) is -3.75. The molecule has 7 nitrogen and oxygen atoms in total. The van der Waals surface area contributed by atoms with E-state index in [9.17, 15) is 18.5 Å². The van der Waals surface area contributed by atoms with Gasteiger partial charge in [0.05, 0.1) is 17.1 Å². The predicted octanol–water partition coefficient (Wildman–Crippen LogP) is 2.85. The normalized spacial score (nSPS) is 15.2. The largest absolute Gasteiger partial charge is 0.494 e. The molecule has 1 N–H and O–H groups in total. The summed E-state index contributed by atoms with van der Waals surface area (Å²) < 4.78 is 32.8. The predicted molar refractivity (Wildman–Crippen MR) is 117 cm³/mol. The van der Waals surface area contributed by atoms with E-state index in [1.807, 2.05) is 37.3 Å². The maximum absolute atomic E-state index is 12.9. The van der Waals surface area contributed by atoms with Gasteiger partial charge in [-0.2, -0.15) is 9.57 Å². The lowest BCUT2D eigenvalue weighted by Crippen LogP contribution is -2.43. The minimum atomic E-state index is -3.75. The van der Waals surface area contributed by atoms with Crippen molar-refractivity contribution >= 4 is 15.9 Å². The van der Waals surface area contributed by atoms with Crippen LogP contribution >= 0.6 is 0 Å². The van der Waals surface area contributed by atoms with E-state index in [2.05, 4.69) is 5.32 Å². The summed E-state index contributed by atoms with van der Waals surface area (Å²) in [4.78, 5) is 12.5. The van der Waals surface area contributed by atoms with Crippen LogP contribution in [0, 0.1) is 24.2 Å². The summed E-state index contributed by atoms with van der Waals surface area (Å²) in [5, 5.41) is 12.1. The molecular weight excluding hydrogens is 414 g/mol. The van der Waals surface area contributed by atoms with Crippen molar-refractivity contribution in [2.45, 2.75) is 31.1 Å². The van der Waals surface area contributed by atoms with Gasteiger partial charge in [0.1, 0.15) is 11.8 Å². The molecule has 0 saturated carbocycles. The number of nitrogens with one attached hydrogen (secondary N) is 1. The fraction of sp³-hybridized carbons (Fsp3) is 0.391. The summed E-state index contributed by atoms with van der Waals surface area (Å²) in [5.74, 6) is 0.554. The molecule has 1 saturated heterocycles. The lowest BCUT2D eigenvalue weighted by atomic mass is 9.97. The highest BCUT2D eigenvalue weighted by atomic mass is 32.2. The Labute approximate surface area is 183 Å². The lowest BCUT2D eigenvalue weighted by Gasteiger charge is -2.30. The molecule has 0 aliphatic carbocycles. The van der Waals surface area contributed by atoms with Crippen molar-refractivity contribution in [2.75, 3.05) is 26.2 Å². The fourth-order valence-corrected chi connectivity index (χ4v) is 5.22. The molecule has 2 aromatic carbocycles. The Bertz CT molecular complexity index is 1050. The maximum atomic E-state index is 12.9. The van der Waals surface area contributed by atoms with Crippen LogP contribution in [0.25, 0.3) is 0 Å². The SMILES string of the molecule is Cc1cccc(OCCCNC(=O)C2CCN(S(=O)(=O)c3ccccc3C#N)CC2)c1. The first-order chi connectivity index (χ1) is 14.9. The van der Waals surface area contributed by atoms with Crippen molar-refractivity contribution in [2.24, 2.45) is 5.92 Å². The van der Waals surface area contributed by atoms with Crippen LogP contribution in [0.2, 0.25) is 0 Å². The minimum absolute atomic E-state index is 0.0222. The van der Waals surface area contributed by atoms with E-state index in [1.165, 1.54) is 16.4 Å². The van der Waals surface area contributed by atoms with Crippen LogP contribution in [0.3, 0.4) is 0 Å². The zero-order valence-corrected chi connectivity index (χ0v) is 18.4. The van der Waals surface area contributed by atoms with Gasteiger partial charge in [0.25, 0.3) is 0 Å². The van der Waals surface area contributed by atoms with Crippen molar-refractivity contribution in [1.82, 2.24) is 9.62 Å². The van der Waals surface area contributed by atoms with Crippen molar-refractivity contribution in [1.29, 1.82) is 5.26 Å². The Morgan fingerprint density at radius 2 is 1.94 bits per heavy atom. The second kappa shape index (κ2) is 10.4. The van der Waals surface area contributed by atoms with Gasteiger partial charge < -0.3 is 10.1 Å². The number of nitriles is 1. The maximum Gasteiger partial charge on any atom is 0.244 e. The molecule has 0 radical (unpaired) electrons. The molecule has 0 bridgehead atoms. The van der Waals surface area contributed by atoms with Crippen molar-refractivity contribution < 1.29 is 17.9 Å². The Balaban J connectivity index is 1.43. The van der Waals surface area contributed by atoms with Gasteiger partial charge in [0.15, 0.2) is 0 Å². The van der Waals surface area contributed by atoms with Gasteiger partial charge in [-0.05, 0) is 56.0 Å². The zero-order valence-electron chi connectivity index (χ0n) is 17.6. The van der Waals surface area contributed by atoms with Crippen LogP contribution in [-0.4, -0.2) is 44.9 Å². The molecule has 1 fully saturated rings. The number of piperidine rings is 1. The van der Waals surface area contributed by atoms with Crippen molar-refractivity contribution in [3.63, 3.8) is 0 Å². The molecule has 164 valence electrons. The van der Waals surface area contributed by atoms with Crippen LogP contribution in [0.15, 0.2) is 53.4 Å². The fourth-order valence-electron chi connectivity index (χ4n) is 3.60. The minimum Gasteiger partial charge on any atom is -0.494 e. The third-order valence-corrected chi connectivity index (χ3v) is 7.29. The van der Waals surface area contributed by atoms with Crippen molar-refractivity contribution in [3.05, 3.63) is 59.7 Å². The van der Waals surface area contributed by atoms with Gasteiger partial charge in [-0.1, -0.05) is 24.3 Å². The van der Waals surface area contributed by atoms with E-state index >= 15 is 0 Å². The molecular formula is C23H27N3O4S. The number of hydrogen-bond acceptors (Lipinski definition) is 5. The van der Waals surface area contributed by atoms with Crippen LogP contribution < -0.4 is 10.1 Å². The van der Waals surface area contributed by atoms with E-state index in [0.29, 0.717) is 32.4 Å². The monoisotopic (exact) mass is 441 g/mol. The zero-order chi connectivity index (χ0) is 22.3. The number of ether oxygens (including phenoxy) is 1. The lowest BCUT2D eigenvalue weighted by molar-refractivity contribution is -0.126. The van der Waals surface area contributed by atoms with Gasteiger partial charge in [-0.3, -0.25) is 4.79 Å². The number of nitrogens with zero attached hydrogens (tertiary/aromatic N) is 2. The van der Waals surface area contributed by atoms with Crippen molar-refractivity contribution in [3.8, 4) is 11.8 Å². The number of carbonyl (C=O) groups excluding carboxylic acids is 1. The molecule has 0 atom stereocenters. The average molecular weight is 442 g/mol. The summed E-state index contributed by atoms with van der Waals surface area (Å²) in [6.45, 7) is 3.55. The van der Waals surface area contributed by atoms with Gasteiger partial charge in [0.2, 0.25) is 15.9 Å². The van der Waals surface area contributed by atoms with Gasteiger partial charge in [0, 0.05) is 25.6 Å². The van der Waals surface area contributed by atoms with E-state index in [-0.39, 0.29) is 35.4 Å². The number of sulfonamides is 1. The Morgan fingerprint density at radius 3 is 2.65 bits per heavy atom. The van der Waals surface area contributed by atoms with E-state index in [4.69, 9.17) is 4.74 Å². The Hall–Kier alpha value is -2.89. The first-order valence-electron chi connectivity index (χ1n) is 10.4. The summed E-state index contributed by atoms with van der Waals surface area (Å²) >= 11 is 0. The summed E-state index contributed by atoms with van der Waals surface area (Å²) in [6.07, 6.45) is 1.61. The molecule has 2 aromatic rings. The number of hydrogen-bond donors (Lipinski definition) is 1. The molecule has 31 heavy (non-hydrogen) atoms. The van der Waals surface area contributed by atoms with Crippen LogP contribution in [0.4, 0.5) is 0 Å². The first kappa shape index (κ1) is 22.8. The molecule has 1 aliphatic heterocycles. The highest BCUT2D eigenvalue weighted by Gasteiger charge is 2.33. The standard InChI is InChI=1S/C23H27N3O4S/c1-18-6-4-8-21(16-18)30-15-5-12-25-23(27)19-10-13-26(14-11-19)31(28,29)22-9-3-2-7-20(22)17-24/h2-4,6-9,16,19H,5,10-15H2,1H3,(H,25,27). The molecule has 3 rings (SSSR count). The highest BCUT2D eigenvalue weighted by Crippen LogP contribution is 2.25. The smallest absolute Gasteiger partial charge is 0.244 e. The molecule has 0 spiro atoms. The van der Waals surface area contributed by atoms with Crippen LogP contribution in [0.1, 0.15) is 30.4 Å². The molecule has 0 unspecified atom stereocenters. The van der Waals surface area contributed by atoms with Gasteiger partial charge >= 0.3 is 0 Å². The number of benzene rings is 2. The second-order valence-electron chi connectivity index (χ2n) is 7.60. The van der Waals surface area contributed by atoms with E-state index in [1.54, 1.807) is 12.1 Å². The molecule has 1 aliphatic rings. The van der Waals surface area contributed by atoms with E-state index < -0.39 is 10.0 Å². The number of carbonyl (C=O) groups is 1. The molecule has 8 heteroatoms. The van der Waals surface area contributed by atoms with Gasteiger partial charge in [-0.25, -0.2) is 8.42 Å².